The Hall–Kier alpha value is -1.84. The van der Waals surface area contributed by atoms with Crippen LogP contribution in [-0.2, 0) is 0 Å². The Kier molecular flexibility index (Phi) is 4.42. The van der Waals surface area contributed by atoms with Gasteiger partial charge in [-0.3, -0.25) is 4.79 Å². The van der Waals surface area contributed by atoms with Crippen LogP contribution in [-0.4, -0.2) is 18.4 Å². The van der Waals surface area contributed by atoms with Gasteiger partial charge in [-0.25, -0.2) is 0 Å². The third-order valence-corrected chi connectivity index (χ3v) is 3.38. The lowest BCUT2D eigenvalue weighted by molar-refractivity contribution is 0.0960. The third kappa shape index (κ3) is 2.69. The van der Waals surface area contributed by atoms with Gasteiger partial charge in [-0.1, -0.05) is 36.4 Å². The number of benzene rings is 2. The van der Waals surface area contributed by atoms with Crippen molar-refractivity contribution in [2.45, 2.75) is 12.5 Å². The SMILES string of the molecule is Cl.NC1CCOc2ccc(-c3ccccc3)cc2C1=O. The van der Waals surface area contributed by atoms with Gasteiger partial charge in [0, 0.05) is 6.42 Å². The molecule has 0 saturated carbocycles. The van der Waals surface area contributed by atoms with Crippen LogP contribution in [0.5, 0.6) is 5.75 Å². The zero-order valence-corrected chi connectivity index (χ0v) is 11.7. The smallest absolute Gasteiger partial charge is 0.183 e. The van der Waals surface area contributed by atoms with Crippen molar-refractivity contribution in [1.29, 1.82) is 0 Å². The van der Waals surface area contributed by atoms with E-state index in [9.17, 15) is 4.79 Å². The average molecular weight is 290 g/mol. The normalized spacial score (nSPS) is 17.4. The molecule has 2 N–H and O–H groups in total. The fourth-order valence-corrected chi connectivity index (χ4v) is 2.29. The van der Waals surface area contributed by atoms with Crippen LogP contribution in [0.4, 0.5) is 0 Å². The molecule has 0 bridgehead atoms. The van der Waals surface area contributed by atoms with Gasteiger partial charge in [-0.05, 0) is 23.3 Å². The summed E-state index contributed by atoms with van der Waals surface area (Å²) in [5.74, 6) is 0.600. The maximum atomic E-state index is 12.2. The van der Waals surface area contributed by atoms with E-state index in [0.29, 0.717) is 24.3 Å². The van der Waals surface area contributed by atoms with E-state index in [1.807, 2.05) is 48.5 Å². The Balaban J connectivity index is 0.00000147. The molecule has 3 nitrogen and oxygen atoms in total. The molecule has 0 fully saturated rings. The lowest BCUT2D eigenvalue weighted by atomic mass is 9.97. The number of ether oxygens (including phenoxy) is 1. The van der Waals surface area contributed by atoms with Crippen molar-refractivity contribution >= 4 is 18.2 Å². The van der Waals surface area contributed by atoms with Crippen LogP contribution in [0.25, 0.3) is 11.1 Å². The molecule has 104 valence electrons. The van der Waals surface area contributed by atoms with Gasteiger partial charge in [-0.2, -0.15) is 0 Å². The summed E-state index contributed by atoms with van der Waals surface area (Å²) in [5.41, 5.74) is 8.53. The van der Waals surface area contributed by atoms with Crippen LogP contribution in [0.3, 0.4) is 0 Å². The van der Waals surface area contributed by atoms with E-state index in [2.05, 4.69) is 0 Å². The summed E-state index contributed by atoms with van der Waals surface area (Å²) in [6, 6.07) is 15.2. The number of nitrogens with two attached hydrogens (primary N) is 1. The molecule has 0 aromatic heterocycles. The second-order valence-corrected chi connectivity index (χ2v) is 4.68. The maximum Gasteiger partial charge on any atom is 0.183 e. The molecule has 2 aromatic carbocycles. The molecular weight excluding hydrogens is 274 g/mol. The second-order valence-electron chi connectivity index (χ2n) is 4.68. The molecule has 1 aliphatic heterocycles. The molecule has 1 atom stereocenters. The highest BCUT2D eigenvalue weighted by molar-refractivity contribution is 6.03. The minimum atomic E-state index is -0.465. The Morgan fingerprint density at radius 1 is 1.05 bits per heavy atom. The third-order valence-electron chi connectivity index (χ3n) is 3.38. The van der Waals surface area contributed by atoms with Crippen LogP contribution in [0.15, 0.2) is 48.5 Å². The first-order valence-electron chi connectivity index (χ1n) is 6.38. The molecule has 0 amide bonds. The van der Waals surface area contributed by atoms with Crippen LogP contribution in [0.1, 0.15) is 16.8 Å². The predicted octanol–water partition coefficient (Wildman–Crippen LogP) is 3.07. The van der Waals surface area contributed by atoms with E-state index >= 15 is 0 Å². The van der Waals surface area contributed by atoms with Crippen LogP contribution in [0.2, 0.25) is 0 Å². The first kappa shape index (κ1) is 14.6. The molecule has 1 heterocycles. The van der Waals surface area contributed by atoms with Gasteiger partial charge in [0.2, 0.25) is 0 Å². The number of carbonyl (C=O) groups is 1. The van der Waals surface area contributed by atoms with Crippen molar-refractivity contribution in [3.8, 4) is 16.9 Å². The lowest BCUT2D eigenvalue weighted by Crippen LogP contribution is -2.30. The van der Waals surface area contributed by atoms with Crippen molar-refractivity contribution in [2.24, 2.45) is 5.73 Å². The first-order chi connectivity index (χ1) is 9.25. The summed E-state index contributed by atoms with van der Waals surface area (Å²) >= 11 is 0. The summed E-state index contributed by atoms with van der Waals surface area (Å²) in [6.45, 7) is 0.491. The van der Waals surface area contributed by atoms with Gasteiger partial charge in [-0.15, -0.1) is 12.4 Å². The van der Waals surface area contributed by atoms with Gasteiger partial charge in [0.25, 0.3) is 0 Å². The summed E-state index contributed by atoms with van der Waals surface area (Å²) in [7, 11) is 0. The monoisotopic (exact) mass is 289 g/mol. The quantitative estimate of drug-likeness (QED) is 0.878. The van der Waals surface area contributed by atoms with E-state index in [4.69, 9.17) is 10.5 Å². The molecule has 0 aliphatic carbocycles. The molecule has 0 radical (unpaired) electrons. The minimum Gasteiger partial charge on any atom is -0.493 e. The van der Waals surface area contributed by atoms with Crippen LogP contribution in [0, 0.1) is 0 Å². The Morgan fingerprint density at radius 3 is 2.55 bits per heavy atom. The standard InChI is InChI=1S/C16H15NO2.ClH/c17-14-8-9-19-15-7-6-12(10-13(15)16(14)18)11-4-2-1-3-5-11;/h1-7,10,14H,8-9,17H2;1H. The summed E-state index contributed by atoms with van der Waals surface area (Å²) in [6.07, 6.45) is 0.564. The van der Waals surface area contributed by atoms with Crippen molar-refractivity contribution in [1.82, 2.24) is 0 Å². The summed E-state index contributed by atoms with van der Waals surface area (Å²) in [4.78, 5) is 12.2. The summed E-state index contributed by atoms with van der Waals surface area (Å²) in [5, 5.41) is 0. The van der Waals surface area contributed by atoms with E-state index in [0.717, 1.165) is 11.1 Å². The zero-order valence-electron chi connectivity index (χ0n) is 10.9. The molecule has 1 unspecified atom stereocenters. The van der Waals surface area contributed by atoms with Gasteiger partial charge < -0.3 is 10.5 Å². The van der Waals surface area contributed by atoms with Crippen molar-refractivity contribution in [2.75, 3.05) is 6.61 Å². The molecule has 4 heteroatoms. The van der Waals surface area contributed by atoms with Crippen LogP contribution < -0.4 is 10.5 Å². The highest BCUT2D eigenvalue weighted by Gasteiger charge is 2.23. The molecule has 3 rings (SSSR count). The second kappa shape index (κ2) is 6.07. The van der Waals surface area contributed by atoms with E-state index in [1.54, 1.807) is 0 Å². The number of ketones is 1. The fourth-order valence-electron chi connectivity index (χ4n) is 2.29. The number of halogens is 1. The van der Waals surface area contributed by atoms with Crippen LogP contribution >= 0.6 is 12.4 Å². The predicted molar refractivity (Wildman–Crippen MR) is 81.5 cm³/mol. The number of carbonyl (C=O) groups excluding carboxylic acids is 1. The van der Waals surface area contributed by atoms with Crippen molar-refractivity contribution in [3.63, 3.8) is 0 Å². The Morgan fingerprint density at radius 2 is 1.80 bits per heavy atom. The maximum absolute atomic E-state index is 12.2. The molecule has 2 aromatic rings. The minimum absolute atomic E-state index is 0. The molecule has 1 aliphatic rings. The Labute approximate surface area is 124 Å². The fraction of sp³-hybridized carbons (Fsp3) is 0.188. The number of Topliss-reactive ketones (excluding diaryl/α,β-unsaturated/α-hetero) is 1. The Bertz CT molecular complexity index is 613. The molecule has 0 saturated heterocycles. The zero-order chi connectivity index (χ0) is 13.2. The summed E-state index contributed by atoms with van der Waals surface area (Å²) < 4.78 is 5.58. The van der Waals surface area contributed by atoms with E-state index in [1.165, 1.54) is 0 Å². The molecular formula is C16H16ClNO2. The van der Waals surface area contributed by atoms with Crippen molar-refractivity contribution < 1.29 is 9.53 Å². The molecule has 0 spiro atoms. The number of rotatable bonds is 1. The highest BCUT2D eigenvalue weighted by atomic mass is 35.5. The van der Waals surface area contributed by atoms with E-state index in [-0.39, 0.29) is 18.2 Å². The van der Waals surface area contributed by atoms with Gasteiger partial charge in [0.05, 0.1) is 18.2 Å². The average Bonchev–Trinajstić information content (AvgIpc) is 2.60. The first-order valence-corrected chi connectivity index (χ1v) is 6.38. The molecule has 20 heavy (non-hydrogen) atoms. The number of hydrogen-bond acceptors (Lipinski definition) is 3. The topological polar surface area (TPSA) is 52.3 Å². The lowest BCUT2D eigenvalue weighted by Gasteiger charge is -2.09. The number of fused-ring (bicyclic) bond motifs is 1. The van der Waals surface area contributed by atoms with Gasteiger partial charge >= 0.3 is 0 Å². The van der Waals surface area contributed by atoms with Gasteiger partial charge in [0.15, 0.2) is 5.78 Å². The largest absolute Gasteiger partial charge is 0.493 e. The highest BCUT2D eigenvalue weighted by Crippen LogP contribution is 2.29. The number of hydrogen-bond donors (Lipinski definition) is 1. The van der Waals surface area contributed by atoms with Gasteiger partial charge in [0.1, 0.15) is 5.75 Å². The van der Waals surface area contributed by atoms with Crippen molar-refractivity contribution in [3.05, 3.63) is 54.1 Å². The van der Waals surface area contributed by atoms with E-state index < -0.39 is 6.04 Å².